The van der Waals surface area contributed by atoms with Crippen LogP contribution in [-0.2, 0) is 25.3 Å². The third kappa shape index (κ3) is 4.02. The molecule has 3 aromatic rings. The van der Waals surface area contributed by atoms with E-state index in [1.54, 1.807) is 24.3 Å². The van der Waals surface area contributed by atoms with E-state index in [0.717, 1.165) is 37.5 Å². The van der Waals surface area contributed by atoms with Crippen LogP contribution in [0.15, 0.2) is 41.7 Å². The van der Waals surface area contributed by atoms with E-state index in [9.17, 15) is 13.2 Å². The predicted molar refractivity (Wildman–Crippen MR) is 96.2 cm³/mol. The van der Waals surface area contributed by atoms with Gasteiger partial charge in [0.15, 0.2) is 5.16 Å². The highest BCUT2D eigenvalue weighted by Gasteiger charge is 2.31. The lowest BCUT2D eigenvalue weighted by molar-refractivity contribution is -0.141. The zero-order valence-electron chi connectivity index (χ0n) is 14.5. The van der Waals surface area contributed by atoms with Gasteiger partial charge in [-0.3, -0.25) is 0 Å². The largest absolute Gasteiger partial charge is 0.406 e. The fourth-order valence-electron chi connectivity index (χ4n) is 3.25. The molecule has 0 N–H and O–H groups in total. The zero-order chi connectivity index (χ0) is 18.9. The Morgan fingerprint density at radius 2 is 1.89 bits per heavy atom. The van der Waals surface area contributed by atoms with Crippen LogP contribution in [0.25, 0.3) is 11.3 Å². The second-order valence-electron chi connectivity index (χ2n) is 6.42. The van der Waals surface area contributed by atoms with Gasteiger partial charge in [0.05, 0.1) is 17.6 Å². The van der Waals surface area contributed by atoms with Crippen LogP contribution < -0.4 is 0 Å². The Bertz CT molecular complexity index is 917. The molecule has 0 saturated carbocycles. The summed E-state index contributed by atoms with van der Waals surface area (Å²) in [5, 5.41) is 8.74. The highest BCUT2D eigenvalue weighted by Crippen LogP contribution is 2.31. The van der Waals surface area contributed by atoms with Crippen molar-refractivity contribution in [2.24, 2.45) is 0 Å². The molecule has 0 unspecified atom stereocenters. The number of aromatic nitrogens is 5. The number of benzene rings is 1. The van der Waals surface area contributed by atoms with Crippen LogP contribution in [0.1, 0.15) is 24.5 Å². The van der Waals surface area contributed by atoms with Crippen LogP contribution in [0.4, 0.5) is 13.2 Å². The number of thioether (sulfide) groups is 1. The van der Waals surface area contributed by atoms with Crippen LogP contribution in [0, 0.1) is 0 Å². The molecule has 4 rings (SSSR count). The molecule has 0 atom stereocenters. The first-order chi connectivity index (χ1) is 13.0. The van der Waals surface area contributed by atoms with Crippen LogP contribution in [0.3, 0.4) is 0 Å². The van der Waals surface area contributed by atoms with Crippen molar-refractivity contribution in [1.82, 2.24) is 24.3 Å². The third-order valence-corrected chi connectivity index (χ3v) is 5.48. The molecule has 0 fully saturated rings. The fourth-order valence-corrected chi connectivity index (χ4v) is 4.17. The van der Waals surface area contributed by atoms with Gasteiger partial charge < -0.3 is 9.13 Å². The van der Waals surface area contributed by atoms with Crippen molar-refractivity contribution in [3.63, 3.8) is 0 Å². The Hall–Kier alpha value is -2.29. The summed E-state index contributed by atoms with van der Waals surface area (Å²) in [5.74, 6) is 2.19. The highest BCUT2D eigenvalue weighted by molar-refractivity contribution is 7.98. The lowest BCUT2D eigenvalue weighted by Gasteiger charge is -2.15. The average molecular weight is 393 g/mol. The number of hydrogen-bond acceptors (Lipinski definition) is 4. The fraction of sp³-hybridized carbons (Fsp3) is 0.389. The summed E-state index contributed by atoms with van der Waals surface area (Å²) in [5.41, 5.74) is 1.17. The topological polar surface area (TPSA) is 48.5 Å². The lowest BCUT2D eigenvalue weighted by Crippen LogP contribution is -2.19. The van der Waals surface area contributed by atoms with Gasteiger partial charge in [-0.15, -0.1) is 10.2 Å². The number of imidazole rings is 1. The molecule has 2 aromatic heterocycles. The summed E-state index contributed by atoms with van der Waals surface area (Å²) in [7, 11) is 0. The molecule has 0 spiro atoms. The second kappa shape index (κ2) is 7.38. The normalized spacial score (nSPS) is 14.3. The molecule has 3 heterocycles. The van der Waals surface area contributed by atoms with Gasteiger partial charge in [-0.1, -0.05) is 42.1 Å². The maximum atomic E-state index is 13.1. The van der Waals surface area contributed by atoms with Crippen molar-refractivity contribution in [1.29, 1.82) is 0 Å². The molecule has 1 aliphatic rings. The minimum absolute atomic E-state index is 0.333. The number of fused-ring (bicyclic) bond motifs is 1. The summed E-state index contributed by atoms with van der Waals surface area (Å²) in [6.45, 7) is -0.206. The van der Waals surface area contributed by atoms with E-state index < -0.39 is 12.7 Å². The number of alkyl halides is 3. The molecule has 0 aliphatic carbocycles. The maximum absolute atomic E-state index is 13.1. The van der Waals surface area contributed by atoms with Crippen molar-refractivity contribution in [3.05, 3.63) is 48.2 Å². The Morgan fingerprint density at radius 1 is 1.07 bits per heavy atom. The van der Waals surface area contributed by atoms with Gasteiger partial charge in [0.25, 0.3) is 0 Å². The predicted octanol–water partition coefficient (Wildman–Crippen LogP) is 4.33. The molecule has 0 amide bonds. The third-order valence-electron chi connectivity index (χ3n) is 4.49. The molecule has 142 valence electrons. The summed E-state index contributed by atoms with van der Waals surface area (Å²) in [6.07, 6.45) is 0.250. The first-order valence-corrected chi connectivity index (χ1v) is 9.71. The molecular weight excluding hydrogens is 375 g/mol. The van der Waals surface area contributed by atoms with E-state index in [2.05, 4.69) is 19.7 Å². The number of halogens is 3. The van der Waals surface area contributed by atoms with Crippen molar-refractivity contribution in [3.8, 4) is 11.3 Å². The molecule has 1 aromatic carbocycles. The first kappa shape index (κ1) is 18.1. The Labute approximate surface area is 158 Å². The standard InChI is InChI=1S/C18H18F3N5S/c19-18(20,21)12-26-14(13-6-2-1-3-7-13)10-22-17(26)27-11-16-24-23-15-8-4-5-9-25(15)16/h1-3,6-7,10H,4-5,8-9,11-12H2. The zero-order valence-corrected chi connectivity index (χ0v) is 15.3. The molecule has 1 aliphatic heterocycles. The van der Waals surface area contributed by atoms with Gasteiger partial charge in [-0.05, 0) is 18.4 Å². The number of rotatable bonds is 5. The van der Waals surface area contributed by atoms with E-state index in [4.69, 9.17) is 0 Å². The monoisotopic (exact) mass is 393 g/mol. The smallest absolute Gasteiger partial charge is 0.314 e. The Morgan fingerprint density at radius 3 is 2.67 bits per heavy atom. The molecular formula is C18H18F3N5S. The van der Waals surface area contributed by atoms with Crippen molar-refractivity contribution < 1.29 is 13.2 Å². The summed E-state index contributed by atoms with van der Waals surface area (Å²) in [6, 6.07) is 9.00. The summed E-state index contributed by atoms with van der Waals surface area (Å²) in [4.78, 5) is 4.26. The van der Waals surface area contributed by atoms with Gasteiger partial charge in [-0.2, -0.15) is 13.2 Å². The highest BCUT2D eigenvalue weighted by atomic mass is 32.2. The van der Waals surface area contributed by atoms with Crippen LogP contribution >= 0.6 is 11.8 Å². The minimum atomic E-state index is -4.33. The number of nitrogens with zero attached hydrogens (tertiary/aromatic N) is 5. The number of aryl methyl sites for hydroxylation is 1. The van der Waals surface area contributed by atoms with Crippen molar-refractivity contribution in [2.75, 3.05) is 0 Å². The quantitative estimate of drug-likeness (QED) is 0.606. The van der Waals surface area contributed by atoms with Gasteiger partial charge in [0.1, 0.15) is 18.2 Å². The Kier molecular flexibility index (Phi) is 4.94. The average Bonchev–Trinajstić information content (AvgIpc) is 3.23. The van der Waals surface area contributed by atoms with Gasteiger partial charge in [0, 0.05) is 13.0 Å². The van der Waals surface area contributed by atoms with Crippen LogP contribution in [0.5, 0.6) is 0 Å². The SMILES string of the molecule is FC(F)(F)Cn1c(-c2ccccc2)cnc1SCc1nnc2n1CCCC2. The van der Waals surface area contributed by atoms with E-state index in [0.29, 0.717) is 22.2 Å². The Balaban J connectivity index is 1.60. The molecule has 0 saturated heterocycles. The van der Waals surface area contributed by atoms with Crippen LogP contribution in [-0.4, -0.2) is 30.5 Å². The van der Waals surface area contributed by atoms with E-state index >= 15 is 0 Å². The van der Waals surface area contributed by atoms with E-state index in [1.807, 2.05) is 6.07 Å². The maximum Gasteiger partial charge on any atom is 0.406 e. The minimum Gasteiger partial charge on any atom is -0.314 e. The van der Waals surface area contributed by atoms with Crippen LogP contribution in [0.2, 0.25) is 0 Å². The number of hydrogen-bond donors (Lipinski definition) is 0. The van der Waals surface area contributed by atoms with Gasteiger partial charge in [0.2, 0.25) is 0 Å². The molecule has 5 nitrogen and oxygen atoms in total. The van der Waals surface area contributed by atoms with Crippen molar-refractivity contribution in [2.45, 2.75) is 49.4 Å². The summed E-state index contributed by atoms with van der Waals surface area (Å²) >= 11 is 1.26. The van der Waals surface area contributed by atoms with E-state index in [1.165, 1.54) is 22.5 Å². The van der Waals surface area contributed by atoms with Crippen molar-refractivity contribution >= 4 is 11.8 Å². The molecule has 9 heteroatoms. The molecule has 0 radical (unpaired) electrons. The molecule has 0 bridgehead atoms. The first-order valence-electron chi connectivity index (χ1n) is 8.73. The van der Waals surface area contributed by atoms with E-state index in [-0.39, 0.29) is 0 Å². The van der Waals surface area contributed by atoms with Gasteiger partial charge in [-0.25, -0.2) is 4.98 Å². The van der Waals surface area contributed by atoms with Gasteiger partial charge >= 0.3 is 6.18 Å². The summed E-state index contributed by atoms with van der Waals surface area (Å²) < 4.78 is 42.8. The lowest BCUT2D eigenvalue weighted by atomic mass is 10.2. The second-order valence-corrected chi connectivity index (χ2v) is 7.37. The molecule has 27 heavy (non-hydrogen) atoms.